The highest BCUT2D eigenvalue weighted by atomic mass is 35.5. The van der Waals surface area contributed by atoms with Crippen LogP contribution in [0.1, 0.15) is 37.1 Å². The van der Waals surface area contributed by atoms with Crippen molar-refractivity contribution in [2.45, 2.75) is 52.1 Å². The highest BCUT2D eigenvalue weighted by Crippen LogP contribution is 2.49. The van der Waals surface area contributed by atoms with Crippen molar-refractivity contribution < 1.29 is 42.0 Å². The highest BCUT2D eigenvalue weighted by molar-refractivity contribution is 7.13. The number of para-hydroxylation sites is 1. The molecule has 1 unspecified atom stereocenters. The molecule has 1 N–H and O–H groups in total. The number of piperazine rings is 1. The number of halogens is 4. The number of carboxylic acid groups (broad SMARTS) is 1. The first-order valence-electron chi connectivity index (χ1n) is 19.5. The molecule has 12 nitrogen and oxygen atoms in total. The second kappa shape index (κ2) is 18.6. The average Bonchev–Trinajstić information content (AvgIpc) is 3.85. The summed E-state index contributed by atoms with van der Waals surface area (Å²) in [6.07, 6.45) is -2.54. The normalized spacial score (nSPS) is 17.3. The van der Waals surface area contributed by atoms with Crippen molar-refractivity contribution in [2.24, 2.45) is 5.92 Å². The molecule has 0 spiro atoms. The van der Waals surface area contributed by atoms with E-state index in [2.05, 4.69) is 33.2 Å². The van der Waals surface area contributed by atoms with Crippen LogP contribution < -0.4 is 14.2 Å². The van der Waals surface area contributed by atoms with Gasteiger partial charge in [-0.05, 0) is 72.4 Å². The van der Waals surface area contributed by atoms with Crippen molar-refractivity contribution in [1.82, 2.24) is 28.9 Å². The molecule has 318 valence electrons. The predicted octanol–water partition coefficient (Wildman–Crippen LogP) is 8.31. The molecule has 1 fully saturated rings. The Balaban J connectivity index is 1.22. The quantitative estimate of drug-likeness (QED) is 0.103. The van der Waals surface area contributed by atoms with E-state index in [9.17, 15) is 23.1 Å². The minimum absolute atomic E-state index is 0.0950. The van der Waals surface area contributed by atoms with Gasteiger partial charge in [-0.2, -0.15) is 22.6 Å². The number of aromatic nitrogens is 4. The van der Waals surface area contributed by atoms with E-state index in [4.69, 9.17) is 35.5 Å². The second-order valence-electron chi connectivity index (χ2n) is 15.0. The van der Waals surface area contributed by atoms with Gasteiger partial charge in [0.15, 0.2) is 0 Å². The molecule has 2 atom stereocenters. The van der Waals surface area contributed by atoms with E-state index in [1.807, 2.05) is 31.2 Å². The fourth-order valence-corrected chi connectivity index (χ4v) is 8.54. The number of carboxylic acids is 1. The van der Waals surface area contributed by atoms with E-state index in [1.165, 1.54) is 12.3 Å². The molecule has 0 amide bonds. The van der Waals surface area contributed by atoms with E-state index in [1.54, 1.807) is 37.6 Å². The number of hydrogen-bond acceptors (Lipinski definition) is 11. The summed E-state index contributed by atoms with van der Waals surface area (Å²) < 4.78 is 69.8. The van der Waals surface area contributed by atoms with Crippen LogP contribution in [0.15, 0.2) is 83.4 Å². The number of pyridine rings is 1. The first kappa shape index (κ1) is 42.9. The van der Waals surface area contributed by atoms with Gasteiger partial charge in [-0.15, -0.1) is 0 Å². The maximum Gasteiger partial charge on any atom is 0.408 e. The van der Waals surface area contributed by atoms with Crippen LogP contribution in [0.2, 0.25) is 0 Å². The van der Waals surface area contributed by atoms with Crippen LogP contribution >= 0.6 is 23.1 Å². The number of nitrogens with zero attached hydrogens (tertiary/aromatic N) is 6. The lowest BCUT2D eigenvalue weighted by Crippen LogP contribution is -2.45. The number of likely N-dealkylation sites (N-methyl/N-ethyl adjacent to an activating group) is 1. The number of rotatable bonds is 16. The highest BCUT2D eigenvalue weighted by Gasteiger charge is 2.33. The Morgan fingerprint density at radius 3 is 2.62 bits per heavy atom. The van der Waals surface area contributed by atoms with E-state index >= 15 is 0 Å². The molecular formula is C43H46ClF3N6O6S. The number of alkyl halides is 3. The van der Waals surface area contributed by atoms with Crippen molar-refractivity contribution in [3.8, 4) is 28.6 Å². The molecule has 1 saturated heterocycles. The van der Waals surface area contributed by atoms with Crippen molar-refractivity contribution in [1.29, 1.82) is 0 Å². The molecule has 1 aliphatic heterocycles. The average molecular weight is 867 g/mol. The number of allylic oxidation sites excluding steroid dienone is 4. The van der Waals surface area contributed by atoms with E-state index in [0.29, 0.717) is 56.5 Å². The zero-order chi connectivity index (χ0) is 42.6. The standard InChI is InChI=1S/C43H46ClF3N6O6S/c1-26-20-33(57-19-18-52-16-14-51(3)15-17-52)39(44)27(2)36(26)38-37-35(23-48-40(38)29-9-7-10-31(21-29)56-4)60-50-41(37)59-34(42(54)55)22-28-8-5-6-11-32(28)58-24-30-12-13-49-53(30)25-43(45,46)47/h5-13,21,23,26,34H,14-20,22,24-25H2,1-4H3,(H,54,55)/t26?,34-/m1/s1. The summed E-state index contributed by atoms with van der Waals surface area (Å²) in [5, 5.41) is 15.4. The van der Waals surface area contributed by atoms with Gasteiger partial charge < -0.3 is 29.0 Å². The van der Waals surface area contributed by atoms with Crippen LogP contribution in [0.3, 0.4) is 0 Å². The number of methoxy groups -OCH3 is 1. The van der Waals surface area contributed by atoms with Gasteiger partial charge in [0.1, 0.15) is 37.0 Å². The van der Waals surface area contributed by atoms with Crippen LogP contribution in [0.4, 0.5) is 13.2 Å². The third-order valence-corrected chi connectivity index (χ3v) is 12.0. The summed E-state index contributed by atoms with van der Waals surface area (Å²) in [7, 11) is 3.72. The Morgan fingerprint density at radius 1 is 1.08 bits per heavy atom. The van der Waals surface area contributed by atoms with Gasteiger partial charge >= 0.3 is 12.1 Å². The molecular weight excluding hydrogens is 821 g/mol. The first-order chi connectivity index (χ1) is 28.8. The topological polar surface area (TPSA) is 124 Å². The van der Waals surface area contributed by atoms with Crippen molar-refractivity contribution in [2.75, 3.05) is 53.5 Å². The van der Waals surface area contributed by atoms with E-state index in [0.717, 1.165) is 71.4 Å². The second-order valence-corrected chi connectivity index (χ2v) is 16.1. The van der Waals surface area contributed by atoms with Crippen molar-refractivity contribution in [3.63, 3.8) is 0 Å². The molecule has 0 bridgehead atoms. The molecule has 4 heterocycles. The molecule has 0 saturated carbocycles. The smallest absolute Gasteiger partial charge is 0.408 e. The van der Waals surface area contributed by atoms with Gasteiger partial charge in [-0.3, -0.25) is 14.6 Å². The summed E-state index contributed by atoms with van der Waals surface area (Å²) in [4.78, 5) is 22.6. The van der Waals surface area contributed by atoms with Crippen LogP contribution in [0, 0.1) is 5.92 Å². The fourth-order valence-electron chi connectivity index (χ4n) is 7.61. The zero-order valence-corrected chi connectivity index (χ0v) is 35.2. The number of carbonyl (C=O) groups is 1. The maximum absolute atomic E-state index is 13.1. The van der Waals surface area contributed by atoms with Crippen LogP contribution in [-0.4, -0.2) is 106 Å². The molecule has 2 aromatic carbocycles. The molecule has 1 aliphatic carbocycles. The van der Waals surface area contributed by atoms with Gasteiger partial charge in [-0.1, -0.05) is 48.9 Å². The van der Waals surface area contributed by atoms with Gasteiger partial charge in [0.25, 0.3) is 0 Å². The van der Waals surface area contributed by atoms with Gasteiger partial charge in [-0.25, -0.2) is 4.79 Å². The molecule has 5 aromatic rings. The number of aliphatic carboxylic acids is 1. The SMILES string of the molecule is COc1cccc(-c2ncc3snc(O[C@H](Cc4ccccc4OCc4ccnn4CC(F)(F)F)C(=O)O)c3c2C2=C(C)C(Cl)=C(OCCN3CCN(C)CC3)CC2C)c1. The third-order valence-electron chi connectivity index (χ3n) is 10.8. The lowest BCUT2D eigenvalue weighted by Gasteiger charge is -2.33. The number of fused-ring (bicyclic) bond motifs is 1. The largest absolute Gasteiger partial charge is 0.497 e. The Bertz CT molecular complexity index is 2390. The van der Waals surface area contributed by atoms with E-state index in [-0.39, 0.29) is 30.5 Å². The molecule has 7 rings (SSSR count). The monoisotopic (exact) mass is 866 g/mol. The first-order valence-corrected chi connectivity index (χ1v) is 20.7. The van der Waals surface area contributed by atoms with Crippen LogP contribution in [0.25, 0.3) is 26.9 Å². The Morgan fingerprint density at radius 2 is 1.87 bits per heavy atom. The van der Waals surface area contributed by atoms with Gasteiger partial charge in [0.2, 0.25) is 12.0 Å². The Labute approximate surface area is 354 Å². The van der Waals surface area contributed by atoms with E-state index < -0.39 is 24.8 Å². The number of benzene rings is 2. The Hall–Kier alpha value is -5.16. The van der Waals surface area contributed by atoms with Crippen LogP contribution in [0.5, 0.6) is 17.4 Å². The van der Waals surface area contributed by atoms with Gasteiger partial charge in [0.05, 0.1) is 33.6 Å². The zero-order valence-electron chi connectivity index (χ0n) is 33.7. The lowest BCUT2D eigenvalue weighted by atomic mass is 9.80. The maximum atomic E-state index is 13.1. The fraction of sp³-hybridized carbons (Fsp3) is 0.395. The summed E-state index contributed by atoms with van der Waals surface area (Å²) in [5.74, 6) is 0.416. The predicted molar refractivity (Wildman–Crippen MR) is 223 cm³/mol. The summed E-state index contributed by atoms with van der Waals surface area (Å²) >= 11 is 8.31. The van der Waals surface area contributed by atoms with Gasteiger partial charge in [0, 0.05) is 69.1 Å². The number of ether oxygens (including phenoxy) is 4. The molecule has 17 heteroatoms. The summed E-state index contributed by atoms with van der Waals surface area (Å²) in [5.41, 5.74) is 4.49. The molecule has 2 aliphatic rings. The van der Waals surface area contributed by atoms with Crippen molar-refractivity contribution >= 4 is 44.8 Å². The number of hydrogen-bond donors (Lipinski definition) is 1. The molecule has 0 radical (unpaired) electrons. The van der Waals surface area contributed by atoms with Crippen LogP contribution in [-0.2, 0) is 29.1 Å². The minimum atomic E-state index is -4.47. The summed E-state index contributed by atoms with van der Waals surface area (Å²) in [6.45, 7) is 7.89. The Kier molecular flexibility index (Phi) is 13.3. The lowest BCUT2D eigenvalue weighted by molar-refractivity contribution is -0.145. The summed E-state index contributed by atoms with van der Waals surface area (Å²) in [6, 6.07) is 15.7. The molecule has 60 heavy (non-hydrogen) atoms. The molecule has 3 aromatic heterocycles. The van der Waals surface area contributed by atoms with Crippen molar-refractivity contribution in [3.05, 3.63) is 100 Å². The minimum Gasteiger partial charge on any atom is -0.497 e. The third kappa shape index (κ3) is 9.89.